The Bertz CT molecular complexity index is 502. The molecule has 0 atom stereocenters. The van der Waals surface area contributed by atoms with Crippen molar-refractivity contribution in [2.45, 2.75) is 26.3 Å². The van der Waals surface area contributed by atoms with Crippen molar-refractivity contribution >= 4 is 10.9 Å². The van der Waals surface area contributed by atoms with Gasteiger partial charge in [0.1, 0.15) is 5.75 Å². The van der Waals surface area contributed by atoms with E-state index >= 15 is 0 Å². The Morgan fingerprint density at radius 1 is 1.44 bits per heavy atom. The number of phenols is 1. The number of aromatic hydroxyl groups is 1. The Morgan fingerprint density at radius 2 is 2.19 bits per heavy atom. The summed E-state index contributed by atoms with van der Waals surface area (Å²) < 4.78 is 1.98. The lowest BCUT2D eigenvalue weighted by atomic mass is 10.1. The molecule has 0 unspecified atom stereocenters. The molecule has 0 saturated carbocycles. The third-order valence-corrected chi connectivity index (χ3v) is 2.65. The number of phenolic OH excluding ortho intramolecular Hbond substituents is 1. The van der Waals surface area contributed by atoms with E-state index in [9.17, 15) is 5.11 Å². The summed E-state index contributed by atoms with van der Waals surface area (Å²) in [5.74, 6) is 0.272. The highest BCUT2D eigenvalue weighted by molar-refractivity contribution is 5.83. The molecule has 1 aromatic carbocycles. The Kier molecular flexibility index (Phi) is 2.83. The van der Waals surface area contributed by atoms with Gasteiger partial charge in [-0.25, -0.2) is 0 Å². The van der Waals surface area contributed by atoms with Crippen LogP contribution in [0.15, 0.2) is 18.2 Å². The molecule has 2 aromatic rings. The van der Waals surface area contributed by atoms with E-state index in [4.69, 9.17) is 5.73 Å². The zero-order valence-corrected chi connectivity index (χ0v) is 9.64. The summed E-state index contributed by atoms with van der Waals surface area (Å²) in [4.78, 5) is 0. The van der Waals surface area contributed by atoms with Crippen LogP contribution in [0, 0.1) is 0 Å². The van der Waals surface area contributed by atoms with Crippen LogP contribution < -0.4 is 5.73 Å². The standard InChI is InChI=1S/C12H17N3O/c1-8(2)15-12(5-6-13)10-7-9(16)3-4-11(10)14-15/h3-4,7-8,16H,5-6,13H2,1-2H3. The lowest BCUT2D eigenvalue weighted by Gasteiger charge is -2.10. The second-order valence-electron chi connectivity index (χ2n) is 4.23. The number of rotatable bonds is 3. The minimum Gasteiger partial charge on any atom is -0.508 e. The van der Waals surface area contributed by atoms with Gasteiger partial charge in [0.05, 0.1) is 5.52 Å². The molecule has 0 bridgehead atoms. The van der Waals surface area contributed by atoms with E-state index in [2.05, 4.69) is 18.9 Å². The number of fused-ring (bicyclic) bond motifs is 1. The number of hydrogen-bond acceptors (Lipinski definition) is 3. The number of aromatic nitrogens is 2. The molecule has 0 spiro atoms. The van der Waals surface area contributed by atoms with Crippen molar-refractivity contribution in [1.29, 1.82) is 0 Å². The Morgan fingerprint density at radius 3 is 2.81 bits per heavy atom. The van der Waals surface area contributed by atoms with E-state index in [1.807, 2.05) is 10.7 Å². The van der Waals surface area contributed by atoms with Crippen molar-refractivity contribution in [3.05, 3.63) is 23.9 Å². The van der Waals surface area contributed by atoms with Crippen LogP contribution in [0.2, 0.25) is 0 Å². The fraction of sp³-hybridized carbons (Fsp3) is 0.417. The predicted octanol–water partition coefficient (Wildman–Crippen LogP) is 1.82. The average Bonchev–Trinajstić information content (AvgIpc) is 2.58. The second-order valence-corrected chi connectivity index (χ2v) is 4.23. The minimum atomic E-state index is 0.272. The highest BCUT2D eigenvalue weighted by Gasteiger charge is 2.12. The van der Waals surface area contributed by atoms with Crippen molar-refractivity contribution in [2.24, 2.45) is 5.73 Å². The van der Waals surface area contributed by atoms with Gasteiger partial charge in [-0.3, -0.25) is 4.68 Å². The molecule has 1 heterocycles. The van der Waals surface area contributed by atoms with Gasteiger partial charge in [-0.15, -0.1) is 0 Å². The summed E-state index contributed by atoms with van der Waals surface area (Å²) in [5.41, 5.74) is 7.63. The van der Waals surface area contributed by atoms with Crippen LogP contribution in [0.3, 0.4) is 0 Å². The van der Waals surface area contributed by atoms with Gasteiger partial charge in [0.2, 0.25) is 0 Å². The summed E-state index contributed by atoms with van der Waals surface area (Å²) in [7, 11) is 0. The average molecular weight is 219 g/mol. The van der Waals surface area contributed by atoms with Gasteiger partial charge < -0.3 is 10.8 Å². The monoisotopic (exact) mass is 219 g/mol. The predicted molar refractivity (Wildman–Crippen MR) is 64.5 cm³/mol. The first-order valence-electron chi connectivity index (χ1n) is 5.53. The maximum Gasteiger partial charge on any atom is 0.116 e. The number of nitrogens with two attached hydrogens (primary N) is 1. The summed E-state index contributed by atoms with van der Waals surface area (Å²) in [6, 6.07) is 5.55. The fourth-order valence-electron chi connectivity index (χ4n) is 1.96. The van der Waals surface area contributed by atoms with Crippen molar-refractivity contribution in [3.63, 3.8) is 0 Å². The van der Waals surface area contributed by atoms with E-state index in [1.54, 1.807) is 12.1 Å². The van der Waals surface area contributed by atoms with Gasteiger partial charge in [0.25, 0.3) is 0 Å². The molecule has 2 rings (SSSR count). The maximum absolute atomic E-state index is 9.50. The van der Waals surface area contributed by atoms with Crippen molar-refractivity contribution in [1.82, 2.24) is 9.78 Å². The van der Waals surface area contributed by atoms with Crippen LogP contribution in [0.5, 0.6) is 5.75 Å². The highest BCUT2D eigenvalue weighted by Crippen LogP contribution is 2.25. The van der Waals surface area contributed by atoms with Crippen LogP contribution >= 0.6 is 0 Å². The molecule has 4 nitrogen and oxygen atoms in total. The summed E-state index contributed by atoms with van der Waals surface area (Å²) in [5, 5.41) is 15.0. The molecule has 1 aromatic heterocycles. The molecule has 0 amide bonds. The fourth-order valence-corrected chi connectivity index (χ4v) is 1.96. The molecule has 4 heteroatoms. The molecule has 0 aliphatic heterocycles. The molecule has 16 heavy (non-hydrogen) atoms. The quantitative estimate of drug-likeness (QED) is 0.827. The molecule has 86 valence electrons. The van der Waals surface area contributed by atoms with E-state index in [-0.39, 0.29) is 5.75 Å². The van der Waals surface area contributed by atoms with Crippen LogP contribution in [0.25, 0.3) is 10.9 Å². The normalized spacial score (nSPS) is 11.5. The van der Waals surface area contributed by atoms with Gasteiger partial charge >= 0.3 is 0 Å². The van der Waals surface area contributed by atoms with Gasteiger partial charge in [0.15, 0.2) is 0 Å². The number of benzene rings is 1. The van der Waals surface area contributed by atoms with Crippen LogP contribution in [0.4, 0.5) is 0 Å². The Balaban J connectivity index is 2.67. The molecule has 0 aliphatic rings. The Hall–Kier alpha value is -1.55. The van der Waals surface area contributed by atoms with E-state index in [0.717, 1.165) is 23.0 Å². The van der Waals surface area contributed by atoms with Crippen molar-refractivity contribution in [2.75, 3.05) is 6.54 Å². The topological polar surface area (TPSA) is 64.1 Å². The van der Waals surface area contributed by atoms with Gasteiger partial charge in [-0.2, -0.15) is 5.10 Å². The van der Waals surface area contributed by atoms with Crippen molar-refractivity contribution < 1.29 is 5.11 Å². The molecule has 0 fully saturated rings. The maximum atomic E-state index is 9.50. The summed E-state index contributed by atoms with van der Waals surface area (Å²) >= 11 is 0. The molecule has 0 saturated heterocycles. The van der Waals surface area contributed by atoms with Gasteiger partial charge in [-0.1, -0.05) is 0 Å². The molecule has 3 N–H and O–H groups in total. The number of hydrogen-bond donors (Lipinski definition) is 2. The Labute approximate surface area is 94.7 Å². The smallest absolute Gasteiger partial charge is 0.116 e. The SMILES string of the molecule is CC(C)n1nc2ccc(O)cc2c1CCN. The van der Waals surface area contributed by atoms with Gasteiger partial charge in [-0.05, 0) is 38.6 Å². The first kappa shape index (κ1) is 11.0. The third-order valence-electron chi connectivity index (χ3n) is 2.65. The molecular formula is C12H17N3O. The van der Waals surface area contributed by atoms with E-state index in [1.165, 1.54) is 0 Å². The van der Waals surface area contributed by atoms with E-state index < -0.39 is 0 Å². The second kappa shape index (κ2) is 4.14. The number of nitrogens with zero attached hydrogens (tertiary/aromatic N) is 2. The van der Waals surface area contributed by atoms with E-state index in [0.29, 0.717) is 12.6 Å². The summed E-state index contributed by atoms with van der Waals surface area (Å²) in [6.07, 6.45) is 0.776. The molecule has 0 aliphatic carbocycles. The lowest BCUT2D eigenvalue weighted by Crippen LogP contribution is -2.12. The zero-order valence-electron chi connectivity index (χ0n) is 9.64. The summed E-state index contributed by atoms with van der Waals surface area (Å²) in [6.45, 7) is 4.76. The van der Waals surface area contributed by atoms with Gasteiger partial charge in [0, 0.05) is 23.5 Å². The third kappa shape index (κ3) is 1.76. The largest absolute Gasteiger partial charge is 0.508 e. The van der Waals surface area contributed by atoms with Crippen LogP contribution in [0.1, 0.15) is 25.6 Å². The van der Waals surface area contributed by atoms with Crippen LogP contribution in [-0.4, -0.2) is 21.4 Å². The zero-order chi connectivity index (χ0) is 11.7. The minimum absolute atomic E-state index is 0.272. The first-order chi connectivity index (χ1) is 7.63. The van der Waals surface area contributed by atoms with Crippen LogP contribution in [-0.2, 0) is 6.42 Å². The lowest BCUT2D eigenvalue weighted by molar-refractivity contribution is 0.476. The first-order valence-corrected chi connectivity index (χ1v) is 5.53. The highest BCUT2D eigenvalue weighted by atomic mass is 16.3. The molecule has 0 radical (unpaired) electrons. The molecular weight excluding hydrogens is 202 g/mol. The van der Waals surface area contributed by atoms with Crippen molar-refractivity contribution in [3.8, 4) is 5.75 Å².